The number of hydrogen-bond donors (Lipinski definition) is 3. The molecule has 1 aromatic heterocycles. The van der Waals surface area contributed by atoms with Crippen molar-refractivity contribution < 1.29 is 14.7 Å². The van der Waals surface area contributed by atoms with E-state index in [0.29, 0.717) is 0 Å². The summed E-state index contributed by atoms with van der Waals surface area (Å²) in [5.74, 6) is -1.94. The number of nitrogens with one attached hydrogen (secondary N) is 1. The van der Waals surface area contributed by atoms with Crippen LogP contribution in [0.2, 0.25) is 0 Å². The molecule has 0 aromatic carbocycles. The van der Waals surface area contributed by atoms with Gasteiger partial charge in [0.25, 0.3) is 5.91 Å². The molecular formula is C6H6N2O3. The van der Waals surface area contributed by atoms with Crippen LogP contribution in [0.1, 0.15) is 20.8 Å². The summed E-state index contributed by atoms with van der Waals surface area (Å²) < 4.78 is 0. The molecule has 1 heterocycles. The quantitative estimate of drug-likeness (QED) is 0.550. The molecule has 4 N–H and O–H groups in total. The van der Waals surface area contributed by atoms with E-state index in [2.05, 4.69) is 4.98 Å². The van der Waals surface area contributed by atoms with Crippen molar-refractivity contribution in [3.63, 3.8) is 0 Å². The summed E-state index contributed by atoms with van der Waals surface area (Å²) in [5, 5.41) is 8.48. The molecule has 0 aliphatic heterocycles. The van der Waals surface area contributed by atoms with E-state index < -0.39 is 11.9 Å². The number of carbonyl (C=O) groups excluding carboxylic acids is 1. The standard InChI is InChI=1S/C6H6N2O3/c7-5(9)4-3(6(10)11)1-2-8-4/h1-2,8H,(H2,7,9)(H,10,11). The molecule has 1 aromatic rings. The molecule has 0 fully saturated rings. The van der Waals surface area contributed by atoms with Crippen molar-refractivity contribution in [1.82, 2.24) is 4.98 Å². The second kappa shape index (κ2) is 2.45. The van der Waals surface area contributed by atoms with Crippen LogP contribution in [0.25, 0.3) is 0 Å². The van der Waals surface area contributed by atoms with Crippen molar-refractivity contribution in [3.8, 4) is 0 Å². The molecule has 58 valence electrons. The third kappa shape index (κ3) is 1.21. The Morgan fingerprint density at radius 1 is 1.55 bits per heavy atom. The van der Waals surface area contributed by atoms with Crippen LogP contribution in [0.5, 0.6) is 0 Å². The number of aromatic carboxylic acids is 1. The molecule has 0 saturated heterocycles. The van der Waals surface area contributed by atoms with Gasteiger partial charge in [-0.2, -0.15) is 0 Å². The van der Waals surface area contributed by atoms with E-state index in [-0.39, 0.29) is 11.3 Å². The Balaban J connectivity index is 3.16. The number of rotatable bonds is 2. The van der Waals surface area contributed by atoms with Crippen LogP contribution in [0.4, 0.5) is 0 Å². The van der Waals surface area contributed by atoms with Crippen molar-refractivity contribution in [3.05, 3.63) is 23.5 Å². The zero-order valence-corrected chi connectivity index (χ0v) is 5.50. The first-order valence-electron chi connectivity index (χ1n) is 2.83. The summed E-state index contributed by atoms with van der Waals surface area (Å²) in [6.45, 7) is 0. The van der Waals surface area contributed by atoms with Crippen LogP contribution in [-0.4, -0.2) is 22.0 Å². The minimum atomic E-state index is -1.17. The Morgan fingerprint density at radius 3 is 2.55 bits per heavy atom. The largest absolute Gasteiger partial charge is 0.478 e. The first-order chi connectivity index (χ1) is 5.13. The zero-order valence-electron chi connectivity index (χ0n) is 5.50. The average molecular weight is 154 g/mol. The monoisotopic (exact) mass is 154 g/mol. The Hall–Kier alpha value is -1.78. The number of carbonyl (C=O) groups is 2. The van der Waals surface area contributed by atoms with E-state index in [1.807, 2.05) is 0 Å². The van der Waals surface area contributed by atoms with Crippen molar-refractivity contribution in [2.75, 3.05) is 0 Å². The van der Waals surface area contributed by atoms with Crippen LogP contribution in [0.15, 0.2) is 12.3 Å². The van der Waals surface area contributed by atoms with Crippen LogP contribution in [0, 0.1) is 0 Å². The topological polar surface area (TPSA) is 96.2 Å². The molecule has 5 heteroatoms. The van der Waals surface area contributed by atoms with E-state index in [1.165, 1.54) is 12.3 Å². The van der Waals surface area contributed by atoms with Crippen molar-refractivity contribution in [1.29, 1.82) is 0 Å². The maximum Gasteiger partial charge on any atom is 0.338 e. The van der Waals surface area contributed by atoms with Gasteiger partial charge in [-0.25, -0.2) is 4.79 Å². The van der Waals surface area contributed by atoms with Crippen LogP contribution in [0.3, 0.4) is 0 Å². The van der Waals surface area contributed by atoms with Crippen molar-refractivity contribution in [2.45, 2.75) is 0 Å². The van der Waals surface area contributed by atoms with Gasteiger partial charge in [0.2, 0.25) is 0 Å². The number of hydrogen-bond acceptors (Lipinski definition) is 2. The highest BCUT2D eigenvalue weighted by Crippen LogP contribution is 2.04. The summed E-state index contributed by atoms with van der Waals surface area (Å²) in [4.78, 5) is 23.3. The van der Waals surface area contributed by atoms with E-state index in [4.69, 9.17) is 10.8 Å². The van der Waals surface area contributed by atoms with E-state index >= 15 is 0 Å². The number of aromatic nitrogens is 1. The summed E-state index contributed by atoms with van der Waals surface area (Å²) >= 11 is 0. The molecule has 0 saturated carbocycles. The number of carboxylic acid groups (broad SMARTS) is 1. The van der Waals surface area contributed by atoms with Gasteiger partial charge in [0.15, 0.2) is 0 Å². The lowest BCUT2D eigenvalue weighted by molar-refractivity contribution is 0.0692. The fourth-order valence-electron chi connectivity index (χ4n) is 0.751. The summed E-state index contributed by atoms with van der Waals surface area (Å²) in [6, 6.07) is 1.28. The van der Waals surface area contributed by atoms with Crippen molar-refractivity contribution in [2.24, 2.45) is 5.73 Å². The van der Waals surface area contributed by atoms with Gasteiger partial charge in [-0.1, -0.05) is 0 Å². The highest BCUT2D eigenvalue weighted by atomic mass is 16.4. The third-order valence-corrected chi connectivity index (χ3v) is 1.22. The van der Waals surface area contributed by atoms with Gasteiger partial charge in [0, 0.05) is 6.20 Å². The zero-order chi connectivity index (χ0) is 8.43. The first kappa shape index (κ1) is 7.33. The molecular weight excluding hydrogens is 148 g/mol. The fourth-order valence-corrected chi connectivity index (χ4v) is 0.751. The van der Waals surface area contributed by atoms with Crippen LogP contribution < -0.4 is 5.73 Å². The van der Waals surface area contributed by atoms with E-state index in [9.17, 15) is 9.59 Å². The molecule has 0 aliphatic rings. The number of H-pyrrole nitrogens is 1. The minimum absolute atomic E-state index is 0.0718. The Bertz CT molecular complexity index is 274. The number of carboxylic acids is 1. The highest BCUT2D eigenvalue weighted by Gasteiger charge is 2.14. The van der Waals surface area contributed by atoms with E-state index in [1.54, 1.807) is 0 Å². The maximum atomic E-state index is 10.5. The number of aromatic amines is 1. The molecule has 0 aliphatic carbocycles. The van der Waals surface area contributed by atoms with Gasteiger partial charge >= 0.3 is 5.97 Å². The molecule has 1 rings (SSSR count). The molecule has 5 nitrogen and oxygen atoms in total. The van der Waals surface area contributed by atoms with Gasteiger partial charge in [-0.15, -0.1) is 0 Å². The molecule has 0 radical (unpaired) electrons. The Kier molecular flexibility index (Phi) is 1.63. The predicted molar refractivity (Wildman–Crippen MR) is 36.3 cm³/mol. The lowest BCUT2D eigenvalue weighted by atomic mass is 10.2. The second-order valence-corrected chi connectivity index (χ2v) is 1.94. The summed E-state index contributed by atoms with van der Waals surface area (Å²) in [5.41, 5.74) is 4.69. The van der Waals surface area contributed by atoms with Gasteiger partial charge in [-0.3, -0.25) is 4.79 Å². The molecule has 0 atom stereocenters. The summed E-state index contributed by atoms with van der Waals surface area (Å²) in [6.07, 6.45) is 1.35. The van der Waals surface area contributed by atoms with Crippen molar-refractivity contribution >= 4 is 11.9 Å². The lowest BCUT2D eigenvalue weighted by Gasteiger charge is -1.91. The smallest absolute Gasteiger partial charge is 0.338 e. The van der Waals surface area contributed by atoms with Gasteiger partial charge in [0.05, 0.1) is 5.56 Å². The predicted octanol–water partition coefficient (Wildman–Crippen LogP) is -0.188. The van der Waals surface area contributed by atoms with Crippen LogP contribution in [-0.2, 0) is 0 Å². The second-order valence-electron chi connectivity index (χ2n) is 1.94. The van der Waals surface area contributed by atoms with E-state index in [0.717, 1.165) is 0 Å². The first-order valence-corrected chi connectivity index (χ1v) is 2.83. The molecule has 0 bridgehead atoms. The van der Waals surface area contributed by atoms with Gasteiger partial charge in [-0.05, 0) is 6.07 Å². The number of nitrogens with two attached hydrogens (primary N) is 1. The SMILES string of the molecule is NC(=O)c1[nH]ccc1C(=O)O. The fraction of sp³-hybridized carbons (Fsp3) is 0. The van der Waals surface area contributed by atoms with Gasteiger partial charge < -0.3 is 15.8 Å². The number of amides is 1. The highest BCUT2D eigenvalue weighted by molar-refractivity contribution is 6.02. The van der Waals surface area contributed by atoms with Crippen LogP contribution >= 0.6 is 0 Å². The molecule has 11 heavy (non-hydrogen) atoms. The molecule has 0 unspecified atom stereocenters. The number of primary amides is 1. The van der Waals surface area contributed by atoms with Gasteiger partial charge in [0.1, 0.15) is 5.69 Å². The Morgan fingerprint density at radius 2 is 2.18 bits per heavy atom. The Labute approximate surface area is 61.8 Å². The molecule has 1 amide bonds. The third-order valence-electron chi connectivity index (χ3n) is 1.22. The normalized spacial score (nSPS) is 9.45. The maximum absolute atomic E-state index is 10.5. The molecule has 0 spiro atoms. The minimum Gasteiger partial charge on any atom is -0.478 e. The average Bonchev–Trinajstić information content (AvgIpc) is 2.32. The lowest BCUT2D eigenvalue weighted by Crippen LogP contribution is -2.15. The summed E-state index contributed by atoms with van der Waals surface area (Å²) in [7, 11) is 0.